The molecule has 0 bridgehead atoms. The first-order valence-electron chi connectivity index (χ1n) is 5.14. The average Bonchev–Trinajstić information content (AvgIpc) is 2.30. The van der Waals surface area contributed by atoms with E-state index in [2.05, 4.69) is 0 Å². The Labute approximate surface area is 94.7 Å². The van der Waals surface area contributed by atoms with Crippen LogP contribution in [0.15, 0.2) is 30.3 Å². The predicted molar refractivity (Wildman–Crippen MR) is 62.1 cm³/mol. The molecule has 0 fully saturated rings. The van der Waals surface area contributed by atoms with Gasteiger partial charge in [-0.3, -0.25) is 9.59 Å². The summed E-state index contributed by atoms with van der Waals surface area (Å²) in [4.78, 5) is 21.7. The van der Waals surface area contributed by atoms with Crippen LogP contribution in [0.4, 0.5) is 0 Å². The highest BCUT2D eigenvalue weighted by atomic mass is 16.5. The standard InChI is InChI=1S/C13H14O3/c1-2-16-13(15)9-5-8-11-6-3-4-7-12(11)10-14/h3-8,10H,2,9H2,1H3. The smallest absolute Gasteiger partial charge is 0.309 e. The highest BCUT2D eigenvalue weighted by molar-refractivity contribution is 5.82. The van der Waals surface area contributed by atoms with E-state index in [0.29, 0.717) is 12.2 Å². The first-order chi connectivity index (χ1) is 7.77. The number of carbonyl (C=O) groups is 2. The van der Waals surface area contributed by atoms with E-state index in [1.165, 1.54) is 0 Å². The Kier molecular flexibility index (Phi) is 4.99. The number of ether oxygens (including phenoxy) is 1. The number of aldehydes is 1. The largest absolute Gasteiger partial charge is 0.466 e. The van der Waals surface area contributed by atoms with Crippen LogP contribution in [0.3, 0.4) is 0 Å². The fraction of sp³-hybridized carbons (Fsp3) is 0.231. The number of carbonyl (C=O) groups excluding carboxylic acids is 2. The second kappa shape index (κ2) is 6.56. The second-order valence-corrected chi connectivity index (χ2v) is 3.16. The summed E-state index contributed by atoms with van der Waals surface area (Å²) >= 11 is 0. The number of esters is 1. The molecule has 0 saturated heterocycles. The summed E-state index contributed by atoms with van der Waals surface area (Å²) in [6, 6.07) is 7.20. The van der Waals surface area contributed by atoms with Crippen molar-refractivity contribution in [1.29, 1.82) is 0 Å². The normalized spacial score (nSPS) is 10.3. The third-order valence-corrected chi connectivity index (χ3v) is 2.01. The van der Waals surface area contributed by atoms with Crippen molar-refractivity contribution in [2.75, 3.05) is 6.61 Å². The van der Waals surface area contributed by atoms with Crippen molar-refractivity contribution in [2.24, 2.45) is 0 Å². The topological polar surface area (TPSA) is 43.4 Å². The van der Waals surface area contributed by atoms with E-state index in [1.54, 1.807) is 31.2 Å². The molecule has 0 spiro atoms. The van der Waals surface area contributed by atoms with Crippen LogP contribution in [0.5, 0.6) is 0 Å². The van der Waals surface area contributed by atoms with Crippen molar-refractivity contribution < 1.29 is 14.3 Å². The maximum absolute atomic E-state index is 11.0. The van der Waals surface area contributed by atoms with Crippen LogP contribution in [-0.4, -0.2) is 18.9 Å². The molecule has 0 unspecified atom stereocenters. The van der Waals surface area contributed by atoms with E-state index < -0.39 is 0 Å². The van der Waals surface area contributed by atoms with Gasteiger partial charge in [0.2, 0.25) is 0 Å². The molecule has 0 N–H and O–H groups in total. The zero-order chi connectivity index (χ0) is 11.8. The van der Waals surface area contributed by atoms with Crippen molar-refractivity contribution in [3.63, 3.8) is 0 Å². The Bertz CT molecular complexity index is 394. The lowest BCUT2D eigenvalue weighted by Gasteiger charge is -1.98. The fourth-order valence-electron chi connectivity index (χ4n) is 1.27. The minimum absolute atomic E-state index is 0.223. The van der Waals surface area contributed by atoms with E-state index in [-0.39, 0.29) is 12.4 Å². The van der Waals surface area contributed by atoms with Gasteiger partial charge in [0.25, 0.3) is 0 Å². The van der Waals surface area contributed by atoms with E-state index in [9.17, 15) is 9.59 Å². The molecular weight excluding hydrogens is 204 g/mol. The quantitative estimate of drug-likeness (QED) is 0.563. The van der Waals surface area contributed by atoms with E-state index in [4.69, 9.17) is 4.74 Å². The minimum atomic E-state index is -0.262. The molecule has 1 aromatic carbocycles. The van der Waals surface area contributed by atoms with Crippen molar-refractivity contribution in [1.82, 2.24) is 0 Å². The van der Waals surface area contributed by atoms with Gasteiger partial charge in [-0.1, -0.05) is 36.4 Å². The lowest BCUT2D eigenvalue weighted by atomic mass is 10.1. The predicted octanol–water partition coefficient (Wildman–Crippen LogP) is 2.47. The van der Waals surface area contributed by atoms with Gasteiger partial charge in [-0.2, -0.15) is 0 Å². The number of hydrogen-bond donors (Lipinski definition) is 0. The zero-order valence-corrected chi connectivity index (χ0v) is 9.18. The maximum Gasteiger partial charge on any atom is 0.309 e. The molecule has 0 atom stereocenters. The van der Waals surface area contributed by atoms with Crippen molar-refractivity contribution >= 4 is 18.3 Å². The van der Waals surface area contributed by atoms with Crippen LogP contribution >= 0.6 is 0 Å². The molecule has 3 nitrogen and oxygen atoms in total. The zero-order valence-electron chi connectivity index (χ0n) is 9.18. The first kappa shape index (κ1) is 12.2. The Morgan fingerprint density at radius 3 is 2.62 bits per heavy atom. The minimum Gasteiger partial charge on any atom is -0.466 e. The van der Waals surface area contributed by atoms with E-state index in [0.717, 1.165) is 11.8 Å². The highest BCUT2D eigenvalue weighted by Crippen LogP contribution is 2.08. The third kappa shape index (κ3) is 3.69. The van der Waals surface area contributed by atoms with Gasteiger partial charge in [-0.25, -0.2) is 0 Å². The van der Waals surface area contributed by atoms with Gasteiger partial charge in [-0.05, 0) is 12.5 Å². The van der Waals surface area contributed by atoms with Gasteiger partial charge < -0.3 is 4.74 Å². The maximum atomic E-state index is 11.0. The molecule has 0 aliphatic rings. The van der Waals surface area contributed by atoms with Crippen LogP contribution in [0.2, 0.25) is 0 Å². The molecule has 0 aliphatic carbocycles. The van der Waals surface area contributed by atoms with Crippen LogP contribution in [-0.2, 0) is 9.53 Å². The molecule has 84 valence electrons. The van der Waals surface area contributed by atoms with E-state index in [1.807, 2.05) is 12.1 Å². The van der Waals surface area contributed by atoms with Gasteiger partial charge in [0.15, 0.2) is 6.29 Å². The van der Waals surface area contributed by atoms with Crippen LogP contribution < -0.4 is 0 Å². The van der Waals surface area contributed by atoms with Gasteiger partial charge in [0, 0.05) is 5.56 Å². The van der Waals surface area contributed by atoms with Gasteiger partial charge >= 0.3 is 5.97 Å². The average molecular weight is 218 g/mol. The lowest BCUT2D eigenvalue weighted by Crippen LogP contribution is -2.01. The Balaban J connectivity index is 2.62. The third-order valence-electron chi connectivity index (χ3n) is 2.01. The lowest BCUT2D eigenvalue weighted by molar-refractivity contribution is -0.142. The Hall–Kier alpha value is -1.90. The molecule has 0 aromatic heterocycles. The van der Waals surface area contributed by atoms with Gasteiger partial charge in [0.05, 0.1) is 13.0 Å². The summed E-state index contributed by atoms with van der Waals surface area (Å²) < 4.78 is 4.78. The molecule has 16 heavy (non-hydrogen) atoms. The molecule has 0 amide bonds. The summed E-state index contributed by atoms with van der Waals surface area (Å²) in [5.41, 5.74) is 1.42. The summed E-state index contributed by atoms with van der Waals surface area (Å²) in [5, 5.41) is 0. The van der Waals surface area contributed by atoms with E-state index >= 15 is 0 Å². The van der Waals surface area contributed by atoms with Gasteiger partial charge in [-0.15, -0.1) is 0 Å². The summed E-state index contributed by atoms with van der Waals surface area (Å²) in [5.74, 6) is -0.262. The summed E-state index contributed by atoms with van der Waals surface area (Å²) in [7, 11) is 0. The second-order valence-electron chi connectivity index (χ2n) is 3.16. The Morgan fingerprint density at radius 2 is 2.00 bits per heavy atom. The molecular formula is C13H14O3. The summed E-state index contributed by atoms with van der Waals surface area (Å²) in [6.07, 6.45) is 4.46. The number of rotatable bonds is 5. The molecule has 1 rings (SSSR count). The molecule has 0 heterocycles. The highest BCUT2D eigenvalue weighted by Gasteiger charge is 1.98. The SMILES string of the molecule is CCOC(=O)CC=Cc1ccccc1C=O. The van der Waals surface area contributed by atoms with Crippen molar-refractivity contribution in [2.45, 2.75) is 13.3 Å². The molecule has 3 heteroatoms. The monoisotopic (exact) mass is 218 g/mol. The van der Waals surface area contributed by atoms with Gasteiger partial charge in [0.1, 0.15) is 0 Å². The molecule has 0 radical (unpaired) electrons. The number of hydrogen-bond acceptors (Lipinski definition) is 3. The van der Waals surface area contributed by atoms with Crippen LogP contribution in [0, 0.1) is 0 Å². The Morgan fingerprint density at radius 1 is 1.31 bits per heavy atom. The van der Waals surface area contributed by atoms with Crippen LogP contribution in [0.25, 0.3) is 6.08 Å². The number of benzene rings is 1. The fourth-order valence-corrected chi connectivity index (χ4v) is 1.27. The molecule has 0 saturated carbocycles. The molecule has 0 aliphatic heterocycles. The van der Waals surface area contributed by atoms with Crippen LogP contribution in [0.1, 0.15) is 29.3 Å². The van der Waals surface area contributed by atoms with Crippen molar-refractivity contribution in [3.05, 3.63) is 41.5 Å². The summed E-state index contributed by atoms with van der Waals surface area (Å²) in [6.45, 7) is 2.15. The van der Waals surface area contributed by atoms with Crippen molar-refractivity contribution in [3.8, 4) is 0 Å². The first-order valence-corrected chi connectivity index (χ1v) is 5.14. The molecule has 1 aromatic rings.